The second-order valence-corrected chi connectivity index (χ2v) is 7.98. The smallest absolute Gasteiger partial charge is 0.239 e. The van der Waals surface area contributed by atoms with Crippen LogP contribution < -0.4 is 16.4 Å². The first-order valence-electron chi connectivity index (χ1n) is 9.65. The monoisotopic (exact) mass is 466 g/mol. The quantitative estimate of drug-likeness (QED) is 0.548. The molecule has 0 spiro atoms. The topological polar surface area (TPSA) is 87.5 Å². The predicted octanol–water partition coefficient (Wildman–Crippen LogP) is 2.75. The summed E-state index contributed by atoms with van der Waals surface area (Å²) >= 11 is 6.08. The summed E-state index contributed by atoms with van der Waals surface area (Å²) in [4.78, 5) is 26.3. The molecule has 1 saturated heterocycles. The van der Waals surface area contributed by atoms with Gasteiger partial charge in [0.05, 0.1) is 12.6 Å². The average Bonchev–Trinajstić information content (AvgIpc) is 2.64. The third kappa shape index (κ3) is 9.53. The number of benzene rings is 1. The first kappa shape index (κ1) is 27.9. The molecule has 29 heavy (non-hydrogen) atoms. The minimum Gasteiger partial charge on any atom is -0.353 e. The Morgan fingerprint density at radius 2 is 1.97 bits per heavy atom. The number of likely N-dealkylation sites (tertiary alicyclic amines) is 1. The minimum atomic E-state index is -0.593. The van der Waals surface area contributed by atoms with E-state index >= 15 is 0 Å². The lowest BCUT2D eigenvalue weighted by Crippen LogP contribution is -2.50. The van der Waals surface area contributed by atoms with Crippen LogP contribution in [0.15, 0.2) is 24.3 Å². The Morgan fingerprint density at radius 1 is 1.24 bits per heavy atom. The van der Waals surface area contributed by atoms with Crippen LogP contribution in [0.25, 0.3) is 0 Å². The Kier molecular flexibility index (Phi) is 13.5. The van der Waals surface area contributed by atoms with E-state index < -0.39 is 6.04 Å². The molecule has 0 radical (unpaired) electrons. The van der Waals surface area contributed by atoms with Crippen LogP contribution in [0.5, 0.6) is 0 Å². The van der Waals surface area contributed by atoms with Gasteiger partial charge < -0.3 is 16.4 Å². The maximum atomic E-state index is 12.1. The van der Waals surface area contributed by atoms with Gasteiger partial charge in [-0.1, -0.05) is 44.0 Å². The number of halogens is 3. The van der Waals surface area contributed by atoms with Gasteiger partial charge in [-0.2, -0.15) is 0 Å². The zero-order valence-electron chi connectivity index (χ0n) is 17.0. The van der Waals surface area contributed by atoms with Crippen molar-refractivity contribution in [1.29, 1.82) is 0 Å². The molecule has 1 unspecified atom stereocenters. The van der Waals surface area contributed by atoms with E-state index in [0.717, 1.165) is 37.4 Å². The van der Waals surface area contributed by atoms with E-state index in [4.69, 9.17) is 17.3 Å². The van der Waals surface area contributed by atoms with Gasteiger partial charge in [-0.15, -0.1) is 24.8 Å². The van der Waals surface area contributed by atoms with E-state index in [2.05, 4.69) is 21.6 Å². The molecule has 2 atom stereocenters. The fourth-order valence-corrected chi connectivity index (χ4v) is 3.46. The van der Waals surface area contributed by atoms with Gasteiger partial charge in [-0.25, -0.2) is 0 Å². The van der Waals surface area contributed by atoms with Gasteiger partial charge in [0.25, 0.3) is 0 Å². The fourth-order valence-electron chi connectivity index (χ4n) is 3.25. The maximum absolute atomic E-state index is 12.1. The molecule has 0 aliphatic carbocycles. The minimum absolute atomic E-state index is 0. The van der Waals surface area contributed by atoms with Crippen LogP contribution in [0.1, 0.15) is 38.7 Å². The zero-order chi connectivity index (χ0) is 19.8. The molecule has 0 saturated carbocycles. The van der Waals surface area contributed by atoms with Crippen LogP contribution in [-0.2, 0) is 16.1 Å². The summed E-state index contributed by atoms with van der Waals surface area (Å²) in [7, 11) is 0. The lowest BCUT2D eigenvalue weighted by atomic mass is 10.0. The van der Waals surface area contributed by atoms with Gasteiger partial charge in [0.1, 0.15) is 0 Å². The summed E-state index contributed by atoms with van der Waals surface area (Å²) in [6.45, 7) is 6.11. The van der Waals surface area contributed by atoms with Crippen LogP contribution >= 0.6 is 36.4 Å². The highest BCUT2D eigenvalue weighted by Gasteiger charge is 2.23. The summed E-state index contributed by atoms with van der Waals surface area (Å²) in [6.07, 6.45) is 3.37. The van der Waals surface area contributed by atoms with Crippen LogP contribution in [-0.4, -0.2) is 48.4 Å². The Morgan fingerprint density at radius 3 is 2.62 bits per heavy atom. The van der Waals surface area contributed by atoms with Crippen molar-refractivity contribution in [3.05, 3.63) is 34.9 Å². The molecule has 0 aromatic heterocycles. The number of amides is 2. The predicted molar refractivity (Wildman–Crippen MR) is 123 cm³/mol. The molecule has 2 rings (SSSR count). The molecular formula is C20H33Cl3N4O2. The molecule has 6 nitrogen and oxygen atoms in total. The molecule has 1 aliphatic heterocycles. The van der Waals surface area contributed by atoms with Crippen LogP contribution in [0, 0.1) is 5.92 Å². The van der Waals surface area contributed by atoms with Gasteiger partial charge in [0.15, 0.2) is 0 Å². The Labute approximate surface area is 191 Å². The van der Waals surface area contributed by atoms with Crippen molar-refractivity contribution >= 4 is 48.2 Å². The number of piperidine rings is 1. The highest BCUT2D eigenvalue weighted by Crippen LogP contribution is 2.20. The summed E-state index contributed by atoms with van der Waals surface area (Å²) < 4.78 is 0. The maximum Gasteiger partial charge on any atom is 0.239 e. The van der Waals surface area contributed by atoms with Crippen molar-refractivity contribution in [3.8, 4) is 0 Å². The van der Waals surface area contributed by atoms with Crippen molar-refractivity contribution in [2.24, 2.45) is 11.7 Å². The molecule has 1 aromatic rings. The molecule has 9 heteroatoms. The molecule has 2 amide bonds. The lowest BCUT2D eigenvalue weighted by molar-refractivity contribution is -0.127. The van der Waals surface area contributed by atoms with Crippen LogP contribution in [0.4, 0.5) is 0 Å². The van der Waals surface area contributed by atoms with Gasteiger partial charge in [-0.3, -0.25) is 14.5 Å². The Hall–Kier alpha value is -1.05. The number of nitrogens with two attached hydrogens (primary N) is 1. The van der Waals surface area contributed by atoms with E-state index in [1.54, 1.807) is 0 Å². The lowest BCUT2D eigenvalue weighted by Gasteiger charge is -2.36. The number of carbonyl (C=O) groups excluding carboxylic acids is 2. The fraction of sp³-hybridized carbons (Fsp3) is 0.600. The summed E-state index contributed by atoms with van der Waals surface area (Å²) in [5.41, 5.74) is 6.96. The van der Waals surface area contributed by atoms with Crippen LogP contribution in [0.2, 0.25) is 5.02 Å². The Balaban J connectivity index is 0.00000392. The highest BCUT2D eigenvalue weighted by molar-refractivity contribution is 6.30. The van der Waals surface area contributed by atoms with Crippen molar-refractivity contribution in [3.63, 3.8) is 0 Å². The van der Waals surface area contributed by atoms with Gasteiger partial charge in [-0.05, 0) is 43.0 Å². The average molecular weight is 468 g/mol. The third-order valence-corrected chi connectivity index (χ3v) is 5.24. The number of rotatable bonds is 8. The first-order chi connectivity index (χ1) is 12.9. The molecule has 1 fully saturated rings. The van der Waals surface area contributed by atoms with Crippen molar-refractivity contribution in [2.75, 3.05) is 19.6 Å². The number of nitrogens with one attached hydrogen (secondary N) is 2. The number of hydrogen-bond donors (Lipinski definition) is 3. The number of nitrogens with zero attached hydrogens (tertiary/aromatic N) is 1. The van der Waals surface area contributed by atoms with Crippen LogP contribution in [0.3, 0.4) is 0 Å². The summed E-state index contributed by atoms with van der Waals surface area (Å²) in [6, 6.07) is 7.59. The van der Waals surface area contributed by atoms with E-state index in [1.165, 1.54) is 5.56 Å². The Bertz CT molecular complexity index is 646. The van der Waals surface area contributed by atoms with E-state index in [0.29, 0.717) is 6.54 Å². The largest absolute Gasteiger partial charge is 0.353 e. The molecule has 1 aromatic carbocycles. The summed E-state index contributed by atoms with van der Waals surface area (Å²) in [5, 5.41) is 6.29. The van der Waals surface area contributed by atoms with E-state index in [1.807, 2.05) is 32.0 Å². The molecule has 4 N–H and O–H groups in total. The van der Waals surface area contributed by atoms with Crippen molar-refractivity contribution in [1.82, 2.24) is 15.5 Å². The zero-order valence-corrected chi connectivity index (χ0v) is 19.4. The van der Waals surface area contributed by atoms with Crippen molar-refractivity contribution < 1.29 is 9.59 Å². The second kappa shape index (κ2) is 14.0. The number of hydrogen-bond acceptors (Lipinski definition) is 4. The van der Waals surface area contributed by atoms with E-state index in [9.17, 15) is 9.59 Å². The van der Waals surface area contributed by atoms with Crippen molar-refractivity contribution in [2.45, 2.75) is 51.7 Å². The molecule has 166 valence electrons. The standard InChI is InChI=1S/C20H31ClN4O2.2ClH/c1-14(2)19(22)20(27)24-12-18(26)23-11-17-8-3-4-9-25(17)13-15-6-5-7-16(21)10-15;;/h5-7,10,14,17,19H,3-4,8-9,11-13,22H2,1-2H3,(H,23,26)(H,24,27);2*1H/t17?,19-;;/m0../s1. The molecular weight excluding hydrogens is 435 g/mol. The second-order valence-electron chi connectivity index (χ2n) is 7.54. The SMILES string of the molecule is CC(C)[C@H](N)C(=O)NCC(=O)NCC1CCCCN1Cc1cccc(Cl)c1.Cl.Cl. The number of carbonyl (C=O) groups is 2. The van der Waals surface area contributed by atoms with Gasteiger partial charge in [0.2, 0.25) is 11.8 Å². The van der Waals surface area contributed by atoms with E-state index in [-0.39, 0.29) is 55.1 Å². The highest BCUT2D eigenvalue weighted by atomic mass is 35.5. The summed E-state index contributed by atoms with van der Waals surface area (Å²) in [5.74, 6) is -0.441. The molecule has 1 aliphatic rings. The first-order valence-corrected chi connectivity index (χ1v) is 10.0. The molecule has 1 heterocycles. The normalized spacial score (nSPS) is 17.6. The molecule has 0 bridgehead atoms. The van der Waals surface area contributed by atoms with Gasteiger partial charge >= 0.3 is 0 Å². The van der Waals surface area contributed by atoms with Gasteiger partial charge in [0, 0.05) is 24.2 Å². The third-order valence-electron chi connectivity index (χ3n) is 5.00.